The largest absolute Gasteiger partial charge is 0.492 e. The van der Waals surface area contributed by atoms with Crippen molar-refractivity contribution in [3.8, 4) is 5.75 Å². The van der Waals surface area contributed by atoms with Crippen LogP contribution in [0, 0.1) is 12.7 Å². The van der Waals surface area contributed by atoms with E-state index in [0.717, 1.165) is 17.5 Å². The standard InChI is InChI=1S/C24H27FN6O4/c1-17-3-5-20(6-4-17)35-10-9-30(2)23(34)15-31-14-19(12-28-31)29-22(33)7-8-27-24-18(16-32)11-26-13-21(24)25/h3-6,11-14,16H,7-10,15H2,1-2H3,(H,26,27)(H,29,33). The lowest BCUT2D eigenvalue weighted by Crippen LogP contribution is -2.33. The molecule has 0 fully saturated rings. The lowest BCUT2D eigenvalue weighted by molar-refractivity contribution is -0.131. The Morgan fingerprint density at radius 1 is 1.20 bits per heavy atom. The maximum absolute atomic E-state index is 13.8. The first-order valence-corrected chi connectivity index (χ1v) is 10.9. The maximum atomic E-state index is 13.8. The van der Waals surface area contributed by atoms with E-state index in [9.17, 15) is 18.8 Å². The number of ether oxygens (including phenoxy) is 1. The number of carbonyl (C=O) groups excluding carboxylic acids is 3. The molecule has 0 atom stereocenters. The Morgan fingerprint density at radius 2 is 1.97 bits per heavy atom. The van der Waals surface area contributed by atoms with Gasteiger partial charge in [-0.15, -0.1) is 0 Å². The van der Waals surface area contributed by atoms with Gasteiger partial charge in [-0.1, -0.05) is 17.7 Å². The zero-order chi connectivity index (χ0) is 25.2. The van der Waals surface area contributed by atoms with E-state index in [0.29, 0.717) is 25.1 Å². The molecular weight excluding hydrogens is 455 g/mol. The van der Waals surface area contributed by atoms with Gasteiger partial charge in [-0.25, -0.2) is 4.39 Å². The number of nitrogens with one attached hydrogen (secondary N) is 2. The van der Waals surface area contributed by atoms with Gasteiger partial charge < -0.3 is 20.3 Å². The fourth-order valence-corrected chi connectivity index (χ4v) is 3.08. The van der Waals surface area contributed by atoms with Gasteiger partial charge in [-0.2, -0.15) is 5.10 Å². The maximum Gasteiger partial charge on any atom is 0.244 e. The van der Waals surface area contributed by atoms with E-state index in [4.69, 9.17) is 4.74 Å². The van der Waals surface area contributed by atoms with Gasteiger partial charge in [0.05, 0.1) is 35.9 Å². The van der Waals surface area contributed by atoms with Crippen LogP contribution in [0.3, 0.4) is 0 Å². The highest BCUT2D eigenvalue weighted by Gasteiger charge is 2.13. The number of aromatic nitrogens is 3. The molecule has 2 heterocycles. The third-order valence-corrected chi connectivity index (χ3v) is 5.07. The van der Waals surface area contributed by atoms with Gasteiger partial charge in [0, 0.05) is 32.4 Å². The summed E-state index contributed by atoms with van der Waals surface area (Å²) in [5, 5.41) is 9.50. The van der Waals surface area contributed by atoms with Crippen molar-refractivity contribution in [1.29, 1.82) is 0 Å². The minimum absolute atomic E-state index is 0.00233. The van der Waals surface area contributed by atoms with E-state index in [1.807, 2.05) is 31.2 Å². The van der Waals surface area contributed by atoms with E-state index >= 15 is 0 Å². The molecular formula is C24H27FN6O4. The van der Waals surface area contributed by atoms with Crippen molar-refractivity contribution in [2.45, 2.75) is 19.9 Å². The summed E-state index contributed by atoms with van der Waals surface area (Å²) >= 11 is 0. The fraction of sp³-hybridized carbons (Fsp3) is 0.292. The van der Waals surface area contributed by atoms with Crippen molar-refractivity contribution >= 4 is 29.5 Å². The van der Waals surface area contributed by atoms with E-state index in [1.54, 1.807) is 18.1 Å². The first-order valence-electron chi connectivity index (χ1n) is 10.9. The highest BCUT2D eigenvalue weighted by molar-refractivity contribution is 5.91. The predicted molar refractivity (Wildman–Crippen MR) is 128 cm³/mol. The average Bonchev–Trinajstić information content (AvgIpc) is 3.27. The molecule has 2 amide bonds. The molecule has 2 aromatic heterocycles. The molecule has 0 saturated heterocycles. The number of likely N-dealkylation sites (N-methyl/N-ethyl adjacent to an activating group) is 1. The van der Waals surface area contributed by atoms with Crippen LogP contribution in [0.15, 0.2) is 49.1 Å². The Morgan fingerprint density at radius 3 is 2.71 bits per heavy atom. The van der Waals surface area contributed by atoms with Crippen molar-refractivity contribution in [1.82, 2.24) is 19.7 Å². The van der Waals surface area contributed by atoms with Crippen LogP contribution in [0.25, 0.3) is 0 Å². The number of aryl methyl sites for hydroxylation is 1. The molecule has 35 heavy (non-hydrogen) atoms. The fourth-order valence-electron chi connectivity index (χ4n) is 3.08. The number of hydrogen-bond acceptors (Lipinski definition) is 7. The number of hydrogen-bond donors (Lipinski definition) is 2. The minimum Gasteiger partial charge on any atom is -0.492 e. The number of benzene rings is 1. The summed E-state index contributed by atoms with van der Waals surface area (Å²) in [7, 11) is 1.68. The SMILES string of the molecule is Cc1ccc(OCCN(C)C(=O)Cn2cc(NC(=O)CCNc3c(F)cncc3C=O)cn2)cc1. The molecule has 2 N–H and O–H groups in total. The van der Waals surface area contributed by atoms with Gasteiger partial charge in [-0.05, 0) is 19.1 Å². The molecule has 1 aromatic carbocycles. The van der Waals surface area contributed by atoms with Crippen molar-refractivity contribution in [2.75, 3.05) is 37.4 Å². The third kappa shape index (κ3) is 7.63. The summed E-state index contributed by atoms with van der Waals surface area (Å²) in [6, 6.07) is 7.68. The Balaban J connectivity index is 1.39. The highest BCUT2D eigenvalue weighted by atomic mass is 19.1. The van der Waals surface area contributed by atoms with E-state index < -0.39 is 5.82 Å². The molecule has 0 saturated carbocycles. The number of rotatable bonds is 12. The minimum atomic E-state index is -0.673. The van der Waals surface area contributed by atoms with Crippen molar-refractivity contribution in [2.24, 2.45) is 0 Å². The zero-order valence-electron chi connectivity index (χ0n) is 19.5. The van der Waals surface area contributed by atoms with Crippen LogP contribution in [0.1, 0.15) is 22.3 Å². The monoisotopic (exact) mass is 482 g/mol. The zero-order valence-corrected chi connectivity index (χ0v) is 19.5. The number of carbonyl (C=O) groups is 3. The molecule has 0 spiro atoms. The average molecular weight is 483 g/mol. The molecule has 0 radical (unpaired) electrons. The topological polar surface area (TPSA) is 118 Å². The van der Waals surface area contributed by atoms with Crippen LogP contribution in [0.2, 0.25) is 0 Å². The van der Waals surface area contributed by atoms with Gasteiger partial charge in [0.15, 0.2) is 12.1 Å². The van der Waals surface area contributed by atoms with Crippen LogP contribution in [0.5, 0.6) is 5.75 Å². The lowest BCUT2D eigenvalue weighted by atomic mass is 10.2. The van der Waals surface area contributed by atoms with E-state index in [-0.39, 0.29) is 42.6 Å². The number of pyridine rings is 1. The third-order valence-electron chi connectivity index (χ3n) is 5.07. The van der Waals surface area contributed by atoms with Crippen LogP contribution in [-0.4, -0.2) is 64.5 Å². The van der Waals surface area contributed by atoms with Crippen molar-refractivity contribution < 1.29 is 23.5 Å². The highest BCUT2D eigenvalue weighted by Crippen LogP contribution is 2.16. The molecule has 0 bridgehead atoms. The van der Waals surface area contributed by atoms with Gasteiger partial charge >= 0.3 is 0 Å². The molecule has 0 aliphatic heterocycles. The second-order valence-corrected chi connectivity index (χ2v) is 7.83. The van der Waals surface area contributed by atoms with Gasteiger partial charge in [0.25, 0.3) is 0 Å². The van der Waals surface area contributed by atoms with E-state index in [1.165, 1.54) is 17.1 Å². The number of halogens is 1. The quantitative estimate of drug-likeness (QED) is 0.381. The number of amides is 2. The summed E-state index contributed by atoms with van der Waals surface area (Å²) in [6.07, 6.45) is 5.72. The molecule has 184 valence electrons. The van der Waals surface area contributed by atoms with Gasteiger partial charge in [-0.3, -0.25) is 24.0 Å². The van der Waals surface area contributed by atoms with E-state index in [2.05, 4.69) is 20.7 Å². The van der Waals surface area contributed by atoms with Crippen LogP contribution >= 0.6 is 0 Å². The van der Waals surface area contributed by atoms with Crippen LogP contribution in [-0.2, 0) is 16.1 Å². The number of anilines is 2. The number of nitrogens with zero attached hydrogens (tertiary/aromatic N) is 4. The molecule has 0 aliphatic rings. The van der Waals surface area contributed by atoms with Gasteiger partial charge in [0.1, 0.15) is 18.9 Å². The summed E-state index contributed by atoms with van der Waals surface area (Å²) in [5.74, 6) is -0.425. The molecule has 0 unspecified atom stereocenters. The predicted octanol–water partition coefficient (Wildman–Crippen LogP) is 2.52. The first-order chi connectivity index (χ1) is 16.9. The summed E-state index contributed by atoms with van der Waals surface area (Å²) in [6.45, 7) is 2.88. The van der Waals surface area contributed by atoms with Crippen molar-refractivity contribution in [3.63, 3.8) is 0 Å². The molecule has 11 heteroatoms. The summed E-state index contributed by atoms with van der Waals surface area (Å²) in [4.78, 5) is 40.8. The molecule has 10 nitrogen and oxygen atoms in total. The second-order valence-electron chi connectivity index (χ2n) is 7.83. The Bertz CT molecular complexity index is 1170. The smallest absolute Gasteiger partial charge is 0.244 e. The molecule has 0 aliphatic carbocycles. The Labute approximate surface area is 202 Å². The van der Waals surface area contributed by atoms with Gasteiger partial charge in [0.2, 0.25) is 11.8 Å². The normalized spacial score (nSPS) is 10.5. The van der Waals surface area contributed by atoms with Crippen LogP contribution in [0.4, 0.5) is 15.8 Å². The second kappa shape index (κ2) is 12.3. The molecule has 3 aromatic rings. The number of aldehydes is 1. The molecule has 3 rings (SSSR count). The van der Waals surface area contributed by atoms with Crippen LogP contribution < -0.4 is 15.4 Å². The first kappa shape index (κ1) is 25.3. The van der Waals surface area contributed by atoms with Crippen molar-refractivity contribution in [3.05, 3.63) is 66.0 Å². The Kier molecular flexibility index (Phi) is 8.88. The summed E-state index contributed by atoms with van der Waals surface area (Å²) in [5.41, 5.74) is 1.65. The Hall–Kier alpha value is -4.28. The lowest BCUT2D eigenvalue weighted by Gasteiger charge is -2.17. The summed E-state index contributed by atoms with van der Waals surface area (Å²) < 4.78 is 20.9.